The van der Waals surface area contributed by atoms with Gasteiger partial charge in [0.1, 0.15) is 11.5 Å². The Balaban J connectivity index is 1.66. The number of nitrogens with one attached hydrogen (secondary N) is 1. The van der Waals surface area contributed by atoms with E-state index in [9.17, 15) is 0 Å². The van der Waals surface area contributed by atoms with Gasteiger partial charge in [-0.25, -0.2) is 0 Å². The van der Waals surface area contributed by atoms with Crippen LogP contribution in [0.5, 0.6) is 23.0 Å². The van der Waals surface area contributed by atoms with Crippen molar-refractivity contribution in [2.24, 2.45) is 0 Å². The molecule has 4 rings (SSSR count). The summed E-state index contributed by atoms with van der Waals surface area (Å²) < 4.78 is 12.1. The van der Waals surface area contributed by atoms with E-state index in [-0.39, 0.29) is 0 Å². The second-order valence-electron chi connectivity index (χ2n) is 5.83. The lowest BCUT2D eigenvalue weighted by Crippen LogP contribution is -2.34. The maximum Gasteiger partial charge on any atom is 0.170 e. The highest BCUT2D eigenvalue weighted by Gasteiger charge is 2.20. The molecule has 1 atom stereocenters. The Morgan fingerprint density at radius 1 is 0.708 bits per heavy atom. The zero-order valence-electron chi connectivity index (χ0n) is 13.3. The smallest absolute Gasteiger partial charge is 0.170 e. The molecule has 1 fully saturated rings. The predicted molar refractivity (Wildman–Crippen MR) is 94.8 cm³/mol. The summed E-state index contributed by atoms with van der Waals surface area (Å²) in [5.41, 5.74) is 1.23. The van der Waals surface area contributed by atoms with E-state index in [1.165, 1.54) is 5.56 Å². The first kappa shape index (κ1) is 14.8. The molecule has 0 saturated carbocycles. The second-order valence-corrected chi connectivity index (χ2v) is 5.83. The molecular weight excluding hydrogens is 298 g/mol. The molecule has 1 N–H and O–H groups in total. The van der Waals surface area contributed by atoms with Crippen LogP contribution in [0.2, 0.25) is 0 Å². The third-order valence-corrected chi connectivity index (χ3v) is 4.14. The van der Waals surface area contributed by atoms with Gasteiger partial charge in [-0.2, -0.15) is 0 Å². The van der Waals surface area contributed by atoms with Crippen molar-refractivity contribution in [2.45, 2.75) is 12.5 Å². The highest BCUT2D eigenvalue weighted by molar-refractivity contribution is 5.48. The molecule has 3 heteroatoms. The van der Waals surface area contributed by atoms with Crippen LogP contribution in [-0.2, 0) is 0 Å². The van der Waals surface area contributed by atoms with Crippen molar-refractivity contribution in [2.75, 3.05) is 6.54 Å². The van der Waals surface area contributed by atoms with Gasteiger partial charge in [0.05, 0.1) is 0 Å². The van der Waals surface area contributed by atoms with Gasteiger partial charge >= 0.3 is 0 Å². The average molecular weight is 317 g/mol. The Morgan fingerprint density at radius 3 is 1.83 bits per heavy atom. The first-order valence-corrected chi connectivity index (χ1v) is 8.22. The molecule has 0 amide bonds. The Labute approximate surface area is 141 Å². The fraction of sp³-hybridized carbons (Fsp3) is 0.143. The van der Waals surface area contributed by atoms with Crippen molar-refractivity contribution in [3.8, 4) is 23.0 Å². The summed E-state index contributed by atoms with van der Waals surface area (Å²) in [6.45, 7) is 1.07. The van der Waals surface area contributed by atoms with E-state index in [0.717, 1.165) is 30.2 Å². The third-order valence-electron chi connectivity index (χ3n) is 4.14. The van der Waals surface area contributed by atoms with E-state index in [0.29, 0.717) is 11.8 Å². The molecule has 24 heavy (non-hydrogen) atoms. The van der Waals surface area contributed by atoms with Crippen molar-refractivity contribution in [3.05, 3.63) is 84.4 Å². The zero-order chi connectivity index (χ0) is 16.2. The molecule has 1 saturated heterocycles. The van der Waals surface area contributed by atoms with Gasteiger partial charge in [-0.3, -0.25) is 0 Å². The van der Waals surface area contributed by atoms with Crippen LogP contribution in [0.15, 0.2) is 78.9 Å². The van der Waals surface area contributed by atoms with Gasteiger partial charge in [-0.1, -0.05) is 42.5 Å². The summed E-state index contributed by atoms with van der Waals surface area (Å²) >= 11 is 0. The number of rotatable bonds is 5. The van der Waals surface area contributed by atoms with Crippen LogP contribution in [-0.4, -0.2) is 6.54 Å². The van der Waals surface area contributed by atoms with Crippen molar-refractivity contribution in [1.29, 1.82) is 0 Å². The summed E-state index contributed by atoms with van der Waals surface area (Å²) in [7, 11) is 0. The second kappa shape index (κ2) is 6.77. The summed E-state index contributed by atoms with van der Waals surface area (Å²) in [6, 6.07) is 26.1. The van der Waals surface area contributed by atoms with Crippen LogP contribution in [0.1, 0.15) is 18.0 Å². The first-order valence-electron chi connectivity index (χ1n) is 8.22. The monoisotopic (exact) mass is 317 g/mol. The molecule has 1 aliphatic heterocycles. The van der Waals surface area contributed by atoms with E-state index in [2.05, 4.69) is 17.4 Å². The number of benzene rings is 3. The van der Waals surface area contributed by atoms with Gasteiger partial charge in [0.2, 0.25) is 0 Å². The van der Waals surface area contributed by atoms with Crippen molar-refractivity contribution < 1.29 is 9.47 Å². The third kappa shape index (κ3) is 3.26. The van der Waals surface area contributed by atoms with E-state index in [1.807, 2.05) is 66.7 Å². The van der Waals surface area contributed by atoms with Crippen LogP contribution < -0.4 is 14.8 Å². The lowest BCUT2D eigenvalue weighted by atomic mass is 9.98. The van der Waals surface area contributed by atoms with Crippen LogP contribution in [0, 0.1) is 0 Å². The van der Waals surface area contributed by atoms with Gasteiger partial charge in [-0.05, 0) is 54.9 Å². The predicted octanol–water partition coefficient (Wildman–Crippen LogP) is 5.31. The van der Waals surface area contributed by atoms with Gasteiger partial charge in [0.15, 0.2) is 11.5 Å². The number of para-hydroxylation sites is 2. The highest BCUT2D eigenvalue weighted by Crippen LogP contribution is 2.38. The van der Waals surface area contributed by atoms with Gasteiger partial charge in [0.25, 0.3) is 0 Å². The molecule has 0 radical (unpaired) electrons. The molecule has 120 valence electrons. The summed E-state index contributed by atoms with van der Waals surface area (Å²) in [5.74, 6) is 3.04. The molecule has 0 spiro atoms. The topological polar surface area (TPSA) is 30.5 Å². The molecule has 0 bridgehead atoms. The largest absolute Gasteiger partial charge is 0.453 e. The van der Waals surface area contributed by atoms with E-state index >= 15 is 0 Å². The lowest BCUT2D eigenvalue weighted by molar-refractivity contribution is 0.378. The summed E-state index contributed by atoms with van der Waals surface area (Å²) in [4.78, 5) is 0. The highest BCUT2D eigenvalue weighted by atomic mass is 16.5. The molecule has 1 heterocycles. The molecule has 0 unspecified atom stereocenters. The van der Waals surface area contributed by atoms with Gasteiger partial charge in [-0.15, -0.1) is 0 Å². The molecule has 0 aliphatic carbocycles. The number of hydrogen-bond donors (Lipinski definition) is 1. The van der Waals surface area contributed by atoms with Gasteiger partial charge < -0.3 is 14.8 Å². The fourth-order valence-electron chi connectivity index (χ4n) is 2.71. The molecule has 1 aliphatic rings. The van der Waals surface area contributed by atoms with Gasteiger partial charge in [0, 0.05) is 6.04 Å². The quantitative estimate of drug-likeness (QED) is 0.692. The normalized spacial score (nSPS) is 16.2. The van der Waals surface area contributed by atoms with E-state index in [1.54, 1.807) is 0 Å². The summed E-state index contributed by atoms with van der Waals surface area (Å²) in [6.07, 6.45) is 1.16. The van der Waals surface area contributed by atoms with E-state index < -0.39 is 0 Å². The zero-order valence-corrected chi connectivity index (χ0v) is 13.3. The Kier molecular flexibility index (Phi) is 4.17. The summed E-state index contributed by atoms with van der Waals surface area (Å²) in [5, 5.41) is 3.43. The average Bonchev–Trinajstić information content (AvgIpc) is 2.57. The Hall–Kier alpha value is -2.78. The molecule has 3 nitrogen and oxygen atoms in total. The first-order chi connectivity index (χ1) is 11.9. The Morgan fingerprint density at radius 2 is 1.29 bits per heavy atom. The van der Waals surface area contributed by atoms with Crippen LogP contribution in [0.3, 0.4) is 0 Å². The van der Waals surface area contributed by atoms with Crippen LogP contribution >= 0.6 is 0 Å². The number of ether oxygens (including phenoxy) is 2. The molecule has 0 aromatic heterocycles. The fourth-order valence-corrected chi connectivity index (χ4v) is 2.71. The van der Waals surface area contributed by atoms with Crippen LogP contribution in [0.4, 0.5) is 0 Å². The van der Waals surface area contributed by atoms with Crippen molar-refractivity contribution >= 4 is 0 Å². The maximum absolute atomic E-state index is 6.09. The van der Waals surface area contributed by atoms with Crippen LogP contribution in [0.25, 0.3) is 0 Å². The maximum atomic E-state index is 6.09. The number of hydrogen-bond acceptors (Lipinski definition) is 3. The minimum atomic E-state index is 0.411. The van der Waals surface area contributed by atoms with Crippen molar-refractivity contribution in [3.63, 3.8) is 0 Å². The minimum Gasteiger partial charge on any atom is -0.453 e. The van der Waals surface area contributed by atoms with E-state index in [4.69, 9.17) is 9.47 Å². The standard InChI is InChI=1S/C21H19NO2/c1-3-7-17(8-4-1)23-20-12-11-16(19-13-14-22-19)15-21(20)24-18-9-5-2-6-10-18/h1-12,15,19,22H,13-14H2/t19-/m0/s1. The Bertz CT molecular complexity index is 799. The minimum absolute atomic E-state index is 0.411. The molecular formula is C21H19NO2. The molecule has 3 aromatic rings. The SMILES string of the molecule is c1ccc(Oc2ccc([C@@H]3CCN3)cc2Oc2ccccc2)cc1. The lowest BCUT2D eigenvalue weighted by Gasteiger charge is -2.28. The molecule has 3 aromatic carbocycles. The van der Waals surface area contributed by atoms with Crippen molar-refractivity contribution in [1.82, 2.24) is 5.32 Å².